The Morgan fingerprint density at radius 2 is 1.72 bits per heavy atom. The first-order valence-electron chi connectivity index (χ1n) is 11.0. The number of benzene rings is 2. The Morgan fingerprint density at radius 3 is 2.47 bits per heavy atom. The van der Waals surface area contributed by atoms with Crippen LogP contribution in [0.3, 0.4) is 0 Å². The molecule has 1 aromatic heterocycles. The zero-order valence-electron chi connectivity index (χ0n) is 18.6. The number of methoxy groups -OCH3 is 2. The standard InChI is InChI=1S/C25H29N3O4/c1-30-20-12-11-19(16-22(20)31-2)26-24(29)17-32-21-9-7-8-18-10-13-23(27-25(18)21)28-14-5-3-4-6-15-28/h7-13,16H,3-6,14-15,17H2,1-2H3,(H,26,29). The van der Waals surface area contributed by atoms with Crippen LogP contribution in [0, 0.1) is 0 Å². The molecule has 0 atom stereocenters. The van der Waals surface area contributed by atoms with Crippen LogP contribution in [0.1, 0.15) is 25.7 Å². The molecule has 7 nitrogen and oxygen atoms in total. The number of amides is 1. The third-order valence-corrected chi connectivity index (χ3v) is 5.62. The topological polar surface area (TPSA) is 72.9 Å². The summed E-state index contributed by atoms with van der Waals surface area (Å²) in [6, 6.07) is 15.1. The molecule has 0 bridgehead atoms. The van der Waals surface area contributed by atoms with Crippen molar-refractivity contribution in [3.05, 3.63) is 48.5 Å². The van der Waals surface area contributed by atoms with E-state index in [1.807, 2.05) is 18.2 Å². The molecule has 32 heavy (non-hydrogen) atoms. The number of pyridine rings is 1. The molecule has 2 aromatic carbocycles. The van der Waals surface area contributed by atoms with Crippen molar-refractivity contribution in [3.63, 3.8) is 0 Å². The van der Waals surface area contributed by atoms with Gasteiger partial charge in [-0.25, -0.2) is 4.98 Å². The molecule has 0 aliphatic carbocycles. The number of carbonyl (C=O) groups excluding carboxylic acids is 1. The van der Waals surface area contributed by atoms with Gasteiger partial charge in [0.25, 0.3) is 5.91 Å². The van der Waals surface area contributed by atoms with Crippen molar-refractivity contribution in [1.82, 2.24) is 4.98 Å². The van der Waals surface area contributed by atoms with E-state index in [1.165, 1.54) is 25.7 Å². The van der Waals surface area contributed by atoms with Crippen molar-refractivity contribution < 1.29 is 19.0 Å². The number of rotatable bonds is 7. The van der Waals surface area contributed by atoms with Crippen molar-refractivity contribution in [2.45, 2.75) is 25.7 Å². The van der Waals surface area contributed by atoms with E-state index in [2.05, 4.69) is 22.3 Å². The summed E-state index contributed by atoms with van der Waals surface area (Å²) in [5, 5.41) is 3.82. The molecule has 2 heterocycles. The fourth-order valence-electron chi connectivity index (χ4n) is 3.96. The van der Waals surface area contributed by atoms with Crippen LogP contribution in [0.4, 0.5) is 11.5 Å². The predicted molar refractivity (Wildman–Crippen MR) is 126 cm³/mol. The normalized spacial score (nSPS) is 14.0. The molecule has 0 unspecified atom stereocenters. The number of hydrogen-bond donors (Lipinski definition) is 1. The maximum Gasteiger partial charge on any atom is 0.262 e. The van der Waals surface area contributed by atoms with E-state index in [1.54, 1.807) is 32.4 Å². The summed E-state index contributed by atoms with van der Waals surface area (Å²) in [5.74, 6) is 2.44. The molecule has 0 saturated carbocycles. The first-order chi connectivity index (χ1) is 15.7. The lowest BCUT2D eigenvalue weighted by molar-refractivity contribution is -0.118. The largest absolute Gasteiger partial charge is 0.493 e. The average molecular weight is 436 g/mol. The number of fused-ring (bicyclic) bond motifs is 1. The van der Waals surface area contributed by atoms with Crippen molar-refractivity contribution >= 4 is 28.3 Å². The smallest absolute Gasteiger partial charge is 0.262 e. The number of aromatic nitrogens is 1. The molecular weight excluding hydrogens is 406 g/mol. The van der Waals surface area contributed by atoms with Crippen LogP contribution in [0.2, 0.25) is 0 Å². The van der Waals surface area contributed by atoms with E-state index in [0.717, 1.165) is 29.8 Å². The Bertz CT molecular complexity index is 1080. The molecule has 4 rings (SSSR count). The van der Waals surface area contributed by atoms with Crippen molar-refractivity contribution in [3.8, 4) is 17.2 Å². The first kappa shape index (κ1) is 21.7. The van der Waals surface area contributed by atoms with Crippen molar-refractivity contribution in [2.24, 2.45) is 0 Å². The Labute approximate surface area is 188 Å². The fraction of sp³-hybridized carbons (Fsp3) is 0.360. The highest BCUT2D eigenvalue weighted by Crippen LogP contribution is 2.30. The van der Waals surface area contributed by atoms with Crippen LogP contribution < -0.4 is 24.4 Å². The minimum absolute atomic E-state index is 0.122. The Kier molecular flexibility index (Phi) is 6.94. The van der Waals surface area contributed by atoms with E-state index in [0.29, 0.717) is 22.9 Å². The number of nitrogens with one attached hydrogen (secondary N) is 1. The summed E-state index contributed by atoms with van der Waals surface area (Å²) in [4.78, 5) is 19.7. The minimum atomic E-state index is -0.266. The van der Waals surface area contributed by atoms with Gasteiger partial charge < -0.3 is 24.4 Å². The number of ether oxygens (including phenoxy) is 3. The van der Waals surface area contributed by atoms with Gasteiger partial charge in [0.1, 0.15) is 17.1 Å². The third kappa shape index (κ3) is 5.04. The van der Waals surface area contributed by atoms with Gasteiger partial charge in [-0.05, 0) is 43.2 Å². The van der Waals surface area contributed by atoms with E-state index >= 15 is 0 Å². The molecule has 1 amide bonds. The predicted octanol–water partition coefficient (Wildman–Crippen LogP) is 4.65. The van der Waals surface area contributed by atoms with E-state index in [-0.39, 0.29) is 12.5 Å². The van der Waals surface area contributed by atoms with Gasteiger partial charge in [-0.3, -0.25) is 4.79 Å². The number of anilines is 2. The second kappa shape index (κ2) is 10.2. The van der Waals surface area contributed by atoms with E-state index < -0.39 is 0 Å². The van der Waals surface area contributed by atoms with Crippen LogP contribution in [0.15, 0.2) is 48.5 Å². The van der Waals surface area contributed by atoms with Gasteiger partial charge in [-0.2, -0.15) is 0 Å². The average Bonchev–Trinajstić information content (AvgIpc) is 3.12. The van der Waals surface area contributed by atoms with Gasteiger partial charge in [-0.1, -0.05) is 25.0 Å². The van der Waals surface area contributed by atoms with Gasteiger partial charge in [0.15, 0.2) is 18.1 Å². The summed E-state index contributed by atoms with van der Waals surface area (Å²) in [6.07, 6.45) is 4.92. The molecule has 1 aliphatic rings. The quantitative estimate of drug-likeness (QED) is 0.582. The zero-order valence-corrected chi connectivity index (χ0v) is 18.6. The molecule has 168 valence electrons. The summed E-state index contributed by atoms with van der Waals surface area (Å²) >= 11 is 0. The highest BCUT2D eigenvalue weighted by atomic mass is 16.5. The fourth-order valence-corrected chi connectivity index (χ4v) is 3.96. The first-order valence-corrected chi connectivity index (χ1v) is 11.0. The van der Waals surface area contributed by atoms with Gasteiger partial charge in [-0.15, -0.1) is 0 Å². The molecule has 3 aromatic rings. The molecule has 1 aliphatic heterocycles. The van der Waals surface area contributed by atoms with Crippen LogP contribution in [0.5, 0.6) is 17.2 Å². The lowest BCUT2D eigenvalue weighted by Crippen LogP contribution is -2.24. The highest BCUT2D eigenvalue weighted by Gasteiger charge is 2.14. The summed E-state index contributed by atoms with van der Waals surface area (Å²) in [6.45, 7) is 1.92. The van der Waals surface area contributed by atoms with Gasteiger partial charge in [0.2, 0.25) is 0 Å². The highest BCUT2D eigenvalue weighted by molar-refractivity contribution is 5.93. The number of hydrogen-bond acceptors (Lipinski definition) is 6. The third-order valence-electron chi connectivity index (χ3n) is 5.62. The molecule has 1 saturated heterocycles. The molecule has 1 fully saturated rings. The Balaban J connectivity index is 1.46. The van der Waals surface area contributed by atoms with Gasteiger partial charge in [0.05, 0.1) is 14.2 Å². The molecule has 7 heteroatoms. The van der Waals surface area contributed by atoms with Crippen molar-refractivity contribution in [1.29, 1.82) is 0 Å². The monoisotopic (exact) mass is 435 g/mol. The summed E-state index contributed by atoms with van der Waals surface area (Å²) < 4.78 is 16.4. The van der Waals surface area contributed by atoms with Crippen LogP contribution in [0.25, 0.3) is 10.9 Å². The number of para-hydroxylation sites is 1. The lowest BCUT2D eigenvalue weighted by Gasteiger charge is -2.22. The second-order valence-corrected chi connectivity index (χ2v) is 7.81. The maximum atomic E-state index is 12.5. The van der Waals surface area contributed by atoms with Gasteiger partial charge in [0, 0.05) is 30.2 Å². The molecular formula is C25H29N3O4. The number of nitrogens with zero attached hydrogens (tertiary/aromatic N) is 2. The number of carbonyl (C=O) groups is 1. The van der Waals surface area contributed by atoms with Crippen LogP contribution >= 0.6 is 0 Å². The SMILES string of the molecule is COc1ccc(NC(=O)COc2cccc3ccc(N4CCCCCC4)nc23)cc1OC. The molecule has 0 radical (unpaired) electrons. The second-order valence-electron chi connectivity index (χ2n) is 7.81. The minimum Gasteiger partial charge on any atom is -0.493 e. The van der Waals surface area contributed by atoms with Crippen LogP contribution in [-0.4, -0.2) is 44.8 Å². The zero-order chi connectivity index (χ0) is 22.3. The Hall–Kier alpha value is -3.48. The van der Waals surface area contributed by atoms with E-state index in [4.69, 9.17) is 19.2 Å². The van der Waals surface area contributed by atoms with Gasteiger partial charge >= 0.3 is 0 Å². The maximum absolute atomic E-state index is 12.5. The molecule has 0 spiro atoms. The van der Waals surface area contributed by atoms with E-state index in [9.17, 15) is 4.79 Å². The summed E-state index contributed by atoms with van der Waals surface area (Å²) in [5.41, 5.74) is 1.38. The van der Waals surface area contributed by atoms with Crippen LogP contribution in [-0.2, 0) is 4.79 Å². The molecule has 1 N–H and O–H groups in total. The lowest BCUT2D eigenvalue weighted by atomic mass is 10.2. The Morgan fingerprint density at radius 1 is 0.938 bits per heavy atom. The van der Waals surface area contributed by atoms with Crippen molar-refractivity contribution in [2.75, 3.05) is 44.1 Å². The summed E-state index contributed by atoms with van der Waals surface area (Å²) in [7, 11) is 3.13.